The molecular formula is C19H21N2O4+. The number of hydrogen-bond acceptors (Lipinski definition) is 4. The highest BCUT2D eigenvalue weighted by Crippen LogP contribution is 2.29. The summed E-state index contributed by atoms with van der Waals surface area (Å²) in [6.07, 6.45) is 0.192. The van der Waals surface area contributed by atoms with Gasteiger partial charge in [-0.2, -0.15) is 9.28 Å². The van der Waals surface area contributed by atoms with Gasteiger partial charge >= 0.3 is 12.0 Å². The van der Waals surface area contributed by atoms with Crippen LogP contribution in [-0.2, 0) is 4.79 Å². The molecule has 25 heavy (non-hydrogen) atoms. The zero-order valence-electron chi connectivity index (χ0n) is 14.1. The number of ketones is 1. The number of quaternary nitrogens is 1. The van der Waals surface area contributed by atoms with Crippen LogP contribution >= 0.6 is 0 Å². The van der Waals surface area contributed by atoms with Crippen molar-refractivity contribution >= 4 is 28.7 Å². The number of rotatable bonds is 4. The van der Waals surface area contributed by atoms with Gasteiger partial charge < -0.3 is 5.11 Å². The van der Waals surface area contributed by atoms with Crippen LogP contribution < -0.4 is 0 Å². The third kappa shape index (κ3) is 3.05. The monoisotopic (exact) mass is 341 g/mol. The van der Waals surface area contributed by atoms with Gasteiger partial charge in [0.1, 0.15) is 11.7 Å². The van der Waals surface area contributed by atoms with E-state index in [1.807, 2.05) is 30.3 Å². The number of para-hydroxylation sites is 1. The Labute approximate surface area is 145 Å². The number of carbonyl (C=O) groups excluding carboxylic acids is 2. The number of nitrogens with zero attached hydrogens (tertiary/aromatic N) is 2. The van der Waals surface area contributed by atoms with E-state index in [0.717, 1.165) is 10.9 Å². The number of pyridine rings is 1. The van der Waals surface area contributed by atoms with E-state index in [1.165, 1.54) is 0 Å². The Balaban J connectivity index is 1.72. The van der Waals surface area contributed by atoms with Crippen molar-refractivity contribution in [2.45, 2.75) is 38.6 Å². The zero-order chi connectivity index (χ0) is 18.0. The average molecular weight is 341 g/mol. The molecule has 130 valence electrons. The Kier molecular flexibility index (Phi) is 4.63. The minimum atomic E-state index is -1.12. The standard InChI is InChI=1S/C19H20N2O4/c1-13-5-4-12-21(13,19(24)25)18(23)11-10-17(22)16-9-8-14-6-2-3-7-15(14)20-16/h2-3,6-9,13H,4-5,10-12H2,1H3/p+1/t13-,21?/m1/s1. The van der Waals surface area contributed by atoms with Gasteiger partial charge in [-0.3, -0.25) is 4.79 Å². The lowest BCUT2D eigenvalue weighted by Gasteiger charge is -2.29. The molecule has 1 fully saturated rings. The molecule has 6 nitrogen and oxygen atoms in total. The number of hydrogen-bond donors (Lipinski definition) is 1. The van der Waals surface area contributed by atoms with Crippen molar-refractivity contribution in [3.8, 4) is 0 Å². The van der Waals surface area contributed by atoms with Gasteiger partial charge in [0.2, 0.25) is 0 Å². The fraction of sp³-hybridized carbons (Fsp3) is 0.368. The summed E-state index contributed by atoms with van der Waals surface area (Å²) in [5.41, 5.74) is 1.03. The van der Waals surface area contributed by atoms with Crippen LogP contribution in [0, 0.1) is 0 Å². The molecular weight excluding hydrogens is 320 g/mol. The summed E-state index contributed by atoms with van der Waals surface area (Å²) < 4.78 is -0.557. The van der Waals surface area contributed by atoms with E-state index in [-0.39, 0.29) is 24.7 Å². The number of amides is 2. The van der Waals surface area contributed by atoms with Crippen LogP contribution in [0.4, 0.5) is 4.79 Å². The maximum atomic E-state index is 12.6. The van der Waals surface area contributed by atoms with Crippen molar-refractivity contribution in [1.82, 2.24) is 4.98 Å². The van der Waals surface area contributed by atoms with Crippen molar-refractivity contribution in [3.63, 3.8) is 0 Å². The molecule has 1 aliphatic heterocycles. The van der Waals surface area contributed by atoms with E-state index >= 15 is 0 Å². The normalized spacial score (nSPS) is 22.8. The molecule has 0 bridgehead atoms. The first kappa shape index (κ1) is 17.2. The molecule has 1 unspecified atom stereocenters. The number of Topliss-reactive ketones (excluding diaryl/α,β-unsaturated/α-hetero) is 1. The molecule has 0 radical (unpaired) electrons. The van der Waals surface area contributed by atoms with Crippen LogP contribution in [0.2, 0.25) is 0 Å². The van der Waals surface area contributed by atoms with Crippen molar-refractivity contribution in [2.24, 2.45) is 0 Å². The van der Waals surface area contributed by atoms with Crippen LogP contribution in [0.15, 0.2) is 36.4 Å². The molecule has 2 heterocycles. The van der Waals surface area contributed by atoms with Crippen molar-refractivity contribution in [2.75, 3.05) is 6.54 Å². The van der Waals surface area contributed by atoms with E-state index in [9.17, 15) is 19.5 Å². The maximum Gasteiger partial charge on any atom is 0.521 e. The molecule has 3 rings (SSSR count). The summed E-state index contributed by atoms with van der Waals surface area (Å²) in [7, 11) is 0. The lowest BCUT2D eigenvalue weighted by atomic mass is 10.1. The molecule has 2 aromatic rings. The minimum absolute atomic E-state index is 0.0236. The molecule has 1 N–H and O–H groups in total. The number of fused-ring (bicyclic) bond motifs is 1. The molecule has 1 aromatic heterocycles. The first-order valence-electron chi connectivity index (χ1n) is 8.49. The molecule has 0 saturated carbocycles. The summed E-state index contributed by atoms with van der Waals surface area (Å²) in [5, 5.41) is 10.5. The molecule has 0 aliphatic carbocycles. The van der Waals surface area contributed by atoms with Crippen LogP contribution in [0.3, 0.4) is 0 Å². The van der Waals surface area contributed by atoms with Gasteiger partial charge in [-0.1, -0.05) is 24.3 Å². The van der Waals surface area contributed by atoms with E-state index in [1.54, 1.807) is 13.0 Å². The summed E-state index contributed by atoms with van der Waals surface area (Å²) in [5.74, 6) is -0.638. The number of carbonyl (C=O) groups is 3. The summed E-state index contributed by atoms with van der Waals surface area (Å²) in [6.45, 7) is 2.09. The van der Waals surface area contributed by atoms with Crippen molar-refractivity contribution < 1.29 is 24.0 Å². The molecule has 1 saturated heterocycles. The Morgan fingerprint density at radius 1 is 1.16 bits per heavy atom. The number of imide groups is 1. The van der Waals surface area contributed by atoms with Gasteiger partial charge in [-0.15, -0.1) is 0 Å². The highest BCUT2D eigenvalue weighted by atomic mass is 16.4. The fourth-order valence-corrected chi connectivity index (χ4v) is 3.61. The topological polar surface area (TPSA) is 84.3 Å². The molecule has 2 amide bonds. The van der Waals surface area contributed by atoms with Gasteiger partial charge in [0, 0.05) is 24.6 Å². The number of aromatic nitrogens is 1. The Hall–Kier alpha value is -2.60. The predicted molar refractivity (Wildman–Crippen MR) is 92.2 cm³/mol. The maximum absolute atomic E-state index is 12.6. The summed E-state index contributed by atoms with van der Waals surface area (Å²) >= 11 is 0. The number of carboxylic acid groups (broad SMARTS) is 1. The second kappa shape index (κ2) is 6.72. The fourth-order valence-electron chi connectivity index (χ4n) is 3.61. The smallest absolute Gasteiger partial charge is 0.435 e. The number of likely N-dealkylation sites (tertiary alicyclic amines) is 1. The Morgan fingerprint density at radius 2 is 1.92 bits per heavy atom. The molecule has 1 aromatic carbocycles. The second-order valence-corrected chi connectivity index (χ2v) is 6.57. The summed E-state index contributed by atoms with van der Waals surface area (Å²) in [4.78, 5) is 41.0. The van der Waals surface area contributed by atoms with E-state index in [0.29, 0.717) is 25.1 Å². The van der Waals surface area contributed by atoms with E-state index in [4.69, 9.17) is 0 Å². The third-order valence-corrected chi connectivity index (χ3v) is 5.12. The summed E-state index contributed by atoms with van der Waals surface area (Å²) in [6, 6.07) is 10.7. The minimum Gasteiger partial charge on any atom is -0.435 e. The molecule has 0 spiro atoms. The van der Waals surface area contributed by atoms with Crippen LogP contribution in [0.1, 0.15) is 43.1 Å². The lowest BCUT2D eigenvalue weighted by molar-refractivity contribution is -0.792. The van der Waals surface area contributed by atoms with Crippen LogP contribution in [0.5, 0.6) is 0 Å². The zero-order valence-corrected chi connectivity index (χ0v) is 14.1. The first-order valence-corrected chi connectivity index (χ1v) is 8.49. The van der Waals surface area contributed by atoms with Crippen molar-refractivity contribution in [1.29, 1.82) is 0 Å². The quantitative estimate of drug-likeness (QED) is 0.680. The average Bonchev–Trinajstić information content (AvgIpc) is 3.01. The Bertz CT molecular complexity index is 848. The van der Waals surface area contributed by atoms with Gasteiger partial charge in [0.15, 0.2) is 5.78 Å². The largest absolute Gasteiger partial charge is 0.521 e. The second-order valence-electron chi connectivity index (χ2n) is 6.57. The van der Waals surface area contributed by atoms with E-state index < -0.39 is 16.5 Å². The SMILES string of the molecule is C[C@@H]1CCC[N+]1(C(=O)O)C(=O)CCC(=O)c1ccc2ccccc2n1. The highest BCUT2D eigenvalue weighted by Gasteiger charge is 2.52. The highest BCUT2D eigenvalue weighted by molar-refractivity contribution is 5.98. The van der Waals surface area contributed by atoms with Gasteiger partial charge in [0.25, 0.3) is 0 Å². The predicted octanol–water partition coefficient (Wildman–Crippen LogP) is 3.40. The number of benzene rings is 1. The van der Waals surface area contributed by atoms with Gasteiger partial charge in [-0.25, -0.2) is 9.78 Å². The van der Waals surface area contributed by atoms with E-state index in [2.05, 4.69) is 4.98 Å². The van der Waals surface area contributed by atoms with Crippen LogP contribution in [-0.4, -0.2) is 44.9 Å². The molecule has 6 heteroatoms. The first-order chi connectivity index (χ1) is 11.9. The molecule has 1 aliphatic rings. The third-order valence-electron chi connectivity index (χ3n) is 5.12. The van der Waals surface area contributed by atoms with Crippen LogP contribution in [0.25, 0.3) is 10.9 Å². The lowest BCUT2D eigenvalue weighted by Crippen LogP contribution is -2.58. The van der Waals surface area contributed by atoms with Crippen molar-refractivity contribution in [3.05, 3.63) is 42.1 Å². The Morgan fingerprint density at radius 3 is 2.60 bits per heavy atom. The molecule has 2 atom stereocenters. The van der Waals surface area contributed by atoms with Gasteiger partial charge in [-0.05, 0) is 19.1 Å². The van der Waals surface area contributed by atoms with Gasteiger partial charge in [0.05, 0.1) is 18.5 Å².